The maximum absolute atomic E-state index is 10.9. The van der Waals surface area contributed by atoms with E-state index in [1.165, 1.54) is 4.31 Å². The summed E-state index contributed by atoms with van der Waals surface area (Å²) in [4.78, 5) is 0. The van der Waals surface area contributed by atoms with E-state index in [0.717, 1.165) is 12.8 Å². The zero-order valence-electron chi connectivity index (χ0n) is 6.94. The summed E-state index contributed by atoms with van der Waals surface area (Å²) in [6, 6.07) is 0. The summed E-state index contributed by atoms with van der Waals surface area (Å²) in [7, 11) is -3.45. The Balaban J connectivity index is 2.51. The van der Waals surface area contributed by atoms with E-state index in [1.807, 2.05) is 6.08 Å². The third-order valence-electron chi connectivity index (χ3n) is 2.11. The minimum Gasteiger partial charge on any atom is -0.216 e. The number of nitrogens with zero attached hydrogens (tertiary/aromatic N) is 1. The van der Waals surface area contributed by atoms with Gasteiger partial charge in [-0.15, -0.1) is 6.58 Å². The van der Waals surface area contributed by atoms with Crippen LogP contribution in [0.15, 0.2) is 12.7 Å². The summed E-state index contributed by atoms with van der Waals surface area (Å²) in [6.45, 7) is 4.71. The predicted molar refractivity (Wildman–Crippen MR) is 47.6 cm³/mol. The Labute approximate surface area is 73.2 Å². The van der Waals surface area contributed by atoms with Gasteiger partial charge in [-0.3, -0.25) is 0 Å². The van der Waals surface area contributed by atoms with E-state index >= 15 is 0 Å². The normalized spacial score (nSPS) is 25.9. The van der Waals surface area contributed by atoms with Gasteiger partial charge in [-0.1, -0.05) is 6.08 Å². The molecular formula is C7H14N2O2S. The molecule has 1 fully saturated rings. The molecule has 5 heteroatoms. The van der Waals surface area contributed by atoms with Crippen molar-refractivity contribution < 1.29 is 8.42 Å². The summed E-state index contributed by atoms with van der Waals surface area (Å²) < 4.78 is 23.0. The largest absolute Gasteiger partial charge is 0.276 e. The molecule has 2 N–H and O–H groups in total. The van der Waals surface area contributed by atoms with Crippen molar-refractivity contribution >= 4 is 10.2 Å². The third-order valence-corrected chi connectivity index (χ3v) is 3.16. The van der Waals surface area contributed by atoms with E-state index in [9.17, 15) is 8.42 Å². The van der Waals surface area contributed by atoms with Crippen molar-refractivity contribution in [2.75, 3.05) is 13.1 Å². The van der Waals surface area contributed by atoms with Crippen molar-refractivity contribution in [3.8, 4) is 0 Å². The number of allylic oxidation sites excluding steroid dienone is 1. The van der Waals surface area contributed by atoms with Gasteiger partial charge < -0.3 is 0 Å². The highest BCUT2D eigenvalue weighted by molar-refractivity contribution is 7.86. The second-order valence-electron chi connectivity index (χ2n) is 3.08. The van der Waals surface area contributed by atoms with Crippen LogP contribution in [0, 0.1) is 5.92 Å². The minimum atomic E-state index is -3.45. The second kappa shape index (κ2) is 3.55. The number of nitrogens with two attached hydrogens (primary N) is 1. The number of hydrogen-bond acceptors (Lipinski definition) is 2. The Morgan fingerprint density at radius 3 is 2.75 bits per heavy atom. The maximum Gasteiger partial charge on any atom is 0.276 e. The van der Waals surface area contributed by atoms with Gasteiger partial charge in [0.05, 0.1) is 0 Å². The van der Waals surface area contributed by atoms with Crippen LogP contribution in [0.3, 0.4) is 0 Å². The molecule has 1 rings (SSSR count). The molecule has 0 amide bonds. The summed E-state index contributed by atoms with van der Waals surface area (Å²) in [5, 5.41) is 4.97. The minimum absolute atomic E-state index is 0.404. The molecule has 4 nitrogen and oxygen atoms in total. The van der Waals surface area contributed by atoms with E-state index in [0.29, 0.717) is 19.0 Å². The van der Waals surface area contributed by atoms with Crippen molar-refractivity contribution in [3.63, 3.8) is 0 Å². The standard InChI is InChI=1S/C7H14N2O2S/c1-2-3-7-4-5-9(6-7)12(8,10)11/h2,7H,1,3-6H2,(H2,8,10,11)/t7-/m1/s1. The second-order valence-corrected chi connectivity index (χ2v) is 4.63. The van der Waals surface area contributed by atoms with Gasteiger partial charge in [-0.05, 0) is 18.8 Å². The molecule has 0 unspecified atom stereocenters. The zero-order valence-corrected chi connectivity index (χ0v) is 7.76. The highest BCUT2D eigenvalue weighted by Gasteiger charge is 2.27. The molecule has 0 aromatic heterocycles. The van der Waals surface area contributed by atoms with Crippen molar-refractivity contribution in [2.45, 2.75) is 12.8 Å². The van der Waals surface area contributed by atoms with Gasteiger partial charge in [0, 0.05) is 13.1 Å². The Bertz CT molecular complexity index is 261. The van der Waals surface area contributed by atoms with Crippen LogP contribution in [0.2, 0.25) is 0 Å². The molecule has 1 atom stereocenters. The average Bonchev–Trinajstić information content (AvgIpc) is 2.35. The van der Waals surface area contributed by atoms with Crippen LogP contribution in [0.1, 0.15) is 12.8 Å². The van der Waals surface area contributed by atoms with Gasteiger partial charge >= 0.3 is 0 Å². The predicted octanol–water partition coefficient (Wildman–Crippen LogP) is 0.0879. The number of hydrogen-bond donors (Lipinski definition) is 1. The SMILES string of the molecule is C=CC[C@@H]1CCN(S(N)(=O)=O)C1. The average molecular weight is 190 g/mol. The fourth-order valence-corrected chi connectivity index (χ4v) is 2.23. The molecule has 0 radical (unpaired) electrons. The highest BCUT2D eigenvalue weighted by Crippen LogP contribution is 2.20. The quantitative estimate of drug-likeness (QED) is 0.641. The zero-order chi connectivity index (χ0) is 9.19. The van der Waals surface area contributed by atoms with Crippen LogP contribution in [0.5, 0.6) is 0 Å². The highest BCUT2D eigenvalue weighted by atomic mass is 32.2. The lowest BCUT2D eigenvalue weighted by atomic mass is 10.1. The summed E-state index contributed by atoms with van der Waals surface area (Å²) >= 11 is 0. The van der Waals surface area contributed by atoms with E-state index < -0.39 is 10.2 Å². The lowest BCUT2D eigenvalue weighted by molar-refractivity contribution is 0.459. The molecule has 1 aliphatic rings. The first kappa shape index (κ1) is 9.70. The van der Waals surface area contributed by atoms with Crippen molar-refractivity contribution in [2.24, 2.45) is 11.1 Å². The Morgan fingerprint density at radius 2 is 2.33 bits per heavy atom. The van der Waals surface area contributed by atoms with Crippen LogP contribution in [-0.2, 0) is 10.2 Å². The third kappa shape index (κ3) is 2.30. The molecule has 0 bridgehead atoms. The Morgan fingerprint density at radius 1 is 1.67 bits per heavy atom. The van der Waals surface area contributed by atoms with E-state index in [1.54, 1.807) is 0 Å². The molecule has 70 valence electrons. The van der Waals surface area contributed by atoms with Gasteiger partial charge in [0.2, 0.25) is 0 Å². The van der Waals surface area contributed by atoms with Gasteiger partial charge in [-0.2, -0.15) is 12.7 Å². The fraction of sp³-hybridized carbons (Fsp3) is 0.714. The molecular weight excluding hydrogens is 176 g/mol. The van der Waals surface area contributed by atoms with Crippen LogP contribution in [0.25, 0.3) is 0 Å². The van der Waals surface area contributed by atoms with Gasteiger partial charge in [0.1, 0.15) is 0 Å². The van der Waals surface area contributed by atoms with Crippen LogP contribution in [0.4, 0.5) is 0 Å². The molecule has 1 saturated heterocycles. The van der Waals surface area contributed by atoms with Gasteiger partial charge in [-0.25, -0.2) is 5.14 Å². The van der Waals surface area contributed by atoms with Crippen LogP contribution >= 0.6 is 0 Å². The first-order valence-electron chi connectivity index (χ1n) is 3.93. The van der Waals surface area contributed by atoms with E-state index in [-0.39, 0.29) is 0 Å². The Hall–Kier alpha value is -0.390. The molecule has 0 spiro atoms. The summed E-state index contributed by atoms with van der Waals surface area (Å²) in [5.74, 6) is 0.404. The summed E-state index contributed by atoms with van der Waals surface area (Å²) in [6.07, 6.45) is 3.58. The lowest BCUT2D eigenvalue weighted by Gasteiger charge is -2.11. The maximum atomic E-state index is 10.9. The van der Waals surface area contributed by atoms with E-state index in [4.69, 9.17) is 5.14 Å². The van der Waals surface area contributed by atoms with E-state index in [2.05, 4.69) is 6.58 Å². The van der Waals surface area contributed by atoms with Crippen LogP contribution < -0.4 is 5.14 Å². The lowest BCUT2D eigenvalue weighted by Crippen LogP contribution is -2.34. The molecule has 0 aromatic rings. The molecule has 0 aromatic carbocycles. The van der Waals surface area contributed by atoms with Crippen molar-refractivity contribution in [1.82, 2.24) is 4.31 Å². The molecule has 1 aliphatic heterocycles. The number of rotatable bonds is 3. The summed E-state index contributed by atoms with van der Waals surface area (Å²) in [5.41, 5.74) is 0. The van der Waals surface area contributed by atoms with Crippen molar-refractivity contribution in [3.05, 3.63) is 12.7 Å². The van der Waals surface area contributed by atoms with Gasteiger partial charge in [0.25, 0.3) is 10.2 Å². The molecule has 1 heterocycles. The first-order valence-corrected chi connectivity index (χ1v) is 5.43. The van der Waals surface area contributed by atoms with Crippen molar-refractivity contribution in [1.29, 1.82) is 0 Å². The smallest absolute Gasteiger partial charge is 0.216 e. The molecule has 0 saturated carbocycles. The molecule has 12 heavy (non-hydrogen) atoms. The monoisotopic (exact) mass is 190 g/mol. The fourth-order valence-electron chi connectivity index (χ4n) is 1.46. The Kier molecular flexibility index (Phi) is 2.87. The van der Waals surface area contributed by atoms with Crippen LogP contribution in [-0.4, -0.2) is 25.8 Å². The first-order chi connectivity index (χ1) is 5.54. The molecule has 0 aliphatic carbocycles. The topological polar surface area (TPSA) is 63.4 Å². The van der Waals surface area contributed by atoms with Gasteiger partial charge in [0.15, 0.2) is 0 Å².